The molecule has 0 saturated carbocycles. The number of benzene rings is 2. The topological polar surface area (TPSA) is 89.9 Å². The van der Waals surface area contributed by atoms with E-state index in [1.807, 2.05) is 0 Å². The van der Waals surface area contributed by atoms with E-state index in [0.29, 0.717) is 11.1 Å². The molecular formula is C23H28ClN3O4S. The lowest BCUT2D eigenvalue weighted by molar-refractivity contribution is 0.0698. The Balaban J connectivity index is 1.48. The second-order valence-electron chi connectivity index (χ2n) is 8.41. The van der Waals surface area contributed by atoms with Crippen LogP contribution in [0, 0.1) is 0 Å². The lowest BCUT2D eigenvalue weighted by Crippen LogP contribution is -2.46. The maximum absolute atomic E-state index is 12.7. The summed E-state index contributed by atoms with van der Waals surface area (Å²) in [5, 5.41) is 10.1. The van der Waals surface area contributed by atoms with E-state index in [-0.39, 0.29) is 16.1 Å². The smallest absolute Gasteiger partial charge is 0.337 e. The van der Waals surface area contributed by atoms with Crippen LogP contribution in [0.2, 0.25) is 5.02 Å². The number of anilines is 2. The number of piperidine rings is 2. The molecule has 2 N–H and O–H groups in total. The first-order valence-electron chi connectivity index (χ1n) is 11.0. The van der Waals surface area contributed by atoms with Crippen LogP contribution in [0.15, 0.2) is 47.4 Å². The molecule has 2 heterocycles. The maximum atomic E-state index is 12.7. The minimum Gasteiger partial charge on any atom is -0.478 e. The van der Waals surface area contributed by atoms with Gasteiger partial charge in [0.2, 0.25) is 0 Å². The van der Waals surface area contributed by atoms with E-state index in [9.17, 15) is 18.3 Å². The molecule has 0 aliphatic carbocycles. The van der Waals surface area contributed by atoms with Gasteiger partial charge in [-0.15, -0.1) is 0 Å². The zero-order valence-electron chi connectivity index (χ0n) is 17.8. The molecule has 172 valence electrons. The Hall–Kier alpha value is -2.29. The first kappa shape index (κ1) is 22.9. The lowest BCUT2D eigenvalue weighted by Gasteiger charge is -2.41. The zero-order valence-corrected chi connectivity index (χ0v) is 19.4. The lowest BCUT2D eigenvalue weighted by atomic mass is 9.99. The number of carboxylic acids is 1. The summed E-state index contributed by atoms with van der Waals surface area (Å²) in [6, 6.07) is 11.2. The van der Waals surface area contributed by atoms with Gasteiger partial charge in [0, 0.05) is 29.8 Å². The fourth-order valence-corrected chi connectivity index (χ4v) is 5.79. The number of aromatic carboxylic acids is 1. The summed E-state index contributed by atoms with van der Waals surface area (Å²) < 4.78 is 27.8. The third kappa shape index (κ3) is 5.19. The highest BCUT2D eigenvalue weighted by atomic mass is 35.5. The number of nitrogens with one attached hydrogen (secondary N) is 1. The Morgan fingerprint density at radius 3 is 2.25 bits per heavy atom. The molecule has 2 fully saturated rings. The summed E-state index contributed by atoms with van der Waals surface area (Å²) in [6.07, 6.45) is 5.97. The highest BCUT2D eigenvalue weighted by molar-refractivity contribution is 7.92. The monoisotopic (exact) mass is 477 g/mol. The number of carboxylic acid groups (broad SMARTS) is 1. The van der Waals surface area contributed by atoms with E-state index >= 15 is 0 Å². The van der Waals surface area contributed by atoms with E-state index in [0.717, 1.165) is 31.6 Å². The normalized spacial score (nSPS) is 18.5. The van der Waals surface area contributed by atoms with Gasteiger partial charge in [-0.3, -0.25) is 4.72 Å². The van der Waals surface area contributed by atoms with Crippen LogP contribution in [0.1, 0.15) is 42.5 Å². The van der Waals surface area contributed by atoms with Crippen molar-refractivity contribution in [2.75, 3.05) is 35.8 Å². The number of halogens is 1. The molecule has 0 aromatic heterocycles. The van der Waals surface area contributed by atoms with Crippen molar-refractivity contribution in [3.8, 4) is 0 Å². The molecule has 4 rings (SSSR count). The van der Waals surface area contributed by atoms with Crippen LogP contribution in [0.25, 0.3) is 0 Å². The predicted octanol–water partition coefficient (Wildman–Crippen LogP) is 4.29. The first-order valence-corrected chi connectivity index (χ1v) is 12.8. The third-order valence-corrected chi connectivity index (χ3v) is 7.97. The highest BCUT2D eigenvalue weighted by Gasteiger charge is 2.27. The summed E-state index contributed by atoms with van der Waals surface area (Å²) in [5.74, 6) is -1.18. The number of likely N-dealkylation sites (tertiary alicyclic amines) is 1. The van der Waals surface area contributed by atoms with E-state index in [1.165, 1.54) is 62.7 Å². The van der Waals surface area contributed by atoms with Crippen LogP contribution >= 0.6 is 11.6 Å². The Labute approximate surface area is 194 Å². The first-order chi connectivity index (χ1) is 15.3. The van der Waals surface area contributed by atoms with Crippen LogP contribution in [0.4, 0.5) is 11.4 Å². The van der Waals surface area contributed by atoms with Gasteiger partial charge >= 0.3 is 5.97 Å². The number of hydrogen-bond acceptors (Lipinski definition) is 5. The molecule has 0 bridgehead atoms. The van der Waals surface area contributed by atoms with Gasteiger partial charge in [0.15, 0.2) is 0 Å². The summed E-state index contributed by atoms with van der Waals surface area (Å²) in [6.45, 7) is 4.07. The summed E-state index contributed by atoms with van der Waals surface area (Å²) in [7, 11) is -3.93. The average Bonchev–Trinajstić information content (AvgIpc) is 2.80. The number of hydrogen-bond donors (Lipinski definition) is 2. The summed E-state index contributed by atoms with van der Waals surface area (Å²) in [5.41, 5.74) is 0.770. The van der Waals surface area contributed by atoms with Crippen molar-refractivity contribution in [3.63, 3.8) is 0 Å². The van der Waals surface area contributed by atoms with Gasteiger partial charge < -0.3 is 14.9 Å². The van der Waals surface area contributed by atoms with E-state index < -0.39 is 16.0 Å². The Bertz CT molecular complexity index is 1060. The molecule has 0 amide bonds. The largest absolute Gasteiger partial charge is 0.478 e. The summed E-state index contributed by atoms with van der Waals surface area (Å²) in [4.78, 5) is 16.7. The molecule has 2 aromatic carbocycles. The Kier molecular flexibility index (Phi) is 6.93. The van der Waals surface area contributed by atoms with Crippen molar-refractivity contribution in [3.05, 3.63) is 53.1 Å². The van der Waals surface area contributed by atoms with Gasteiger partial charge in [0.1, 0.15) is 0 Å². The fraction of sp³-hybridized carbons (Fsp3) is 0.435. The molecule has 0 spiro atoms. The summed E-state index contributed by atoms with van der Waals surface area (Å²) >= 11 is 5.83. The van der Waals surface area contributed by atoms with Crippen LogP contribution in [0.3, 0.4) is 0 Å². The minimum atomic E-state index is -3.93. The highest BCUT2D eigenvalue weighted by Crippen LogP contribution is 2.29. The van der Waals surface area contributed by atoms with Gasteiger partial charge in [-0.25, -0.2) is 13.2 Å². The van der Waals surface area contributed by atoms with Gasteiger partial charge in [0.05, 0.1) is 16.1 Å². The third-order valence-electron chi connectivity index (χ3n) is 6.34. The van der Waals surface area contributed by atoms with E-state index in [2.05, 4.69) is 14.5 Å². The number of sulfonamides is 1. The quantitative estimate of drug-likeness (QED) is 0.645. The Morgan fingerprint density at radius 1 is 0.969 bits per heavy atom. The molecule has 2 aliphatic rings. The van der Waals surface area contributed by atoms with Crippen LogP contribution in [0.5, 0.6) is 0 Å². The second-order valence-corrected chi connectivity index (χ2v) is 10.5. The van der Waals surface area contributed by atoms with Crippen molar-refractivity contribution in [1.29, 1.82) is 0 Å². The van der Waals surface area contributed by atoms with E-state index in [1.54, 1.807) is 12.1 Å². The molecule has 7 nitrogen and oxygen atoms in total. The molecule has 2 aromatic rings. The van der Waals surface area contributed by atoms with Crippen molar-refractivity contribution < 1.29 is 18.3 Å². The van der Waals surface area contributed by atoms with Crippen LogP contribution in [-0.2, 0) is 10.0 Å². The van der Waals surface area contributed by atoms with Crippen molar-refractivity contribution in [2.45, 2.75) is 43.0 Å². The number of nitrogens with zero attached hydrogens (tertiary/aromatic N) is 2. The second kappa shape index (κ2) is 9.68. The number of rotatable bonds is 6. The Morgan fingerprint density at radius 2 is 1.62 bits per heavy atom. The SMILES string of the molecule is O=C(O)c1cc(N2CCC(N3CCCCC3)CC2)ccc1NS(=O)(=O)c1ccc(Cl)cc1. The van der Waals surface area contributed by atoms with Crippen LogP contribution in [-0.4, -0.2) is 56.6 Å². The number of carbonyl (C=O) groups is 1. The van der Waals surface area contributed by atoms with Crippen molar-refractivity contribution in [1.82, 2.24) is 4.90 Å². The minimum absolute atomic E-state index is 0.0158. The maximum Gasteiger partial charge on any atom is 0.337 e. The standard InChI is InChI=1S/C23H28ClN3O4S/c24-17-4-7-20(8-5-17)32(30,31)25-22-9-6-19(16-21(22)23(28)29)27-14-10-18(11-15-27)26-12-2-1-3-13-26/h4-9,16,18,25H,1-3,10-15H2,(H,28,29). The molecule has 32 heavy (non-hydrogen) atoms. The molecule has 9 heteroatoms. The molecule has 0 unspecified atom stereocenters. The van der Waals surface area contributed by atoms with E-state index in [4.69, 9.17) is 11.6 Å². The van der Waals surface area contributed by atoms with Gasteiger partial charge in [-0.2, -0.15) is 0 Å². The average molecular weight is 478 g/mol. The fourth-order valence-electron chi connectivity index (χ4n) is 4.59. The molecule has 2 saturated heterocycles. The van der Waals surface area contributed by atoms with Gasteiger partial charge in [0.25, 0.3) is 10.0 Å². The van der Waals surface area contributed by atoms with Gasteiger partial charge in [-0.05, 0) is 81.2 Å². The van der Waals surface area contributed by atoms with Crippen molar-refractivity contribution in [2.24, 2.45) is 0 Å². The zero-order chi connectivity index (χ0) is 22.7. The van der Waals surface area contributed by atoms with Crippen LogP contribution < -0.4 is 9.62 Å². The molecular weight excluding hydrogens is 450 g/mol. The molecule has 0 radical (unpaired) electrons. The molecule has 2 aliphatic heterocycles. The predicted molar refractivity (Wildman–Crippen MR) is 126 cm³/mol. The van der Waals surface area contributed by atoms with Gasteiger partial charge in [-0.1, -0.05) is 18.0 Å². The molecule has 0 atom stereocenters. The van der Waals surface area contributed by atoms with Crippen molar-refractivity contribution >= 4 is 39.0 Å².